The summed E-state index contributed by atoms with van der Waals surface area (Å²) in [4.78, 5) is 0. The van der Waals surface area contributed by atoms with Crippen LogP contribution in [0.4, 0.5) is 0 Å². The molecule has 0 aliphatic carbocycles. The largest absolute Gasteiger partial charge is 0.496 e. The monoisotopic (exact) mass is 313 g/mol. The smallest absolute Gasteiger partial charge is 0.123 e. The first-order chi connectivity index (χ1) is 8.63. The third kappa shape index (κ3) is 5.67. The van der Waals surface area contributed by atoms with Gasteiger partial charge in [-0.1, -0.05) is 28.1 Å². The van der Waals surface area contributed by atoms with Gasteiger partial charge in [0.2, 0.25) is 0 Å². The third-order valence-electron chi connectivity index (χ3n) is 2.33. The Kier molecular flexibility index (Phi) is 7.01. The van der Waals surface area contributed by atoms with Crippen molar-refractivity contribution < 1.29 is 9.47 Å². The minimum atomic E-state index is 0.627. The Labute approximate surface area is 117 Å². The molecule has 0 amide bonds. The molecule has 0 saturated heterocycles. The molecule has 0 bridgehead atoms. The lowest BCUT2D eigenvalue weighted by atomic mass is 10.2. The minimum absolute atomic E-state index is 0.627. The molecule has 1 N–H and O–H groups in total. The van der Waals surface area contributed by atoms with Crippen molar-refractivity contribution in [3.63, 3.8) is 0 Å². The molecule has 0 aliphatic rings. The van der Waals surface area contributed by atoms with Gasteiger partial charge in [-0.25, -0.2) is 0 Å². The van der Waals surface area contributed by atoms with Crippen LogP contribution < -0.4 is 10.1 Å². The summed E-state index contributed by atoms with van der Waals surface area (Å²) in [5, 5.41) is 3.32. The summed E-state index contributed by atoms with van der Waals surface area (Å²) >= 11 is 3.46. The fourth-order valence-corrected chi connectivity index (χ4v) is 1.91. The lowest BCUT2D eigenvalue weighted by Gasteiger charge is -2.10. The highest BCUT2D eigenvalue weighted by molar-refractivity contribution is 9.10. The van der Waals surface area contributed by atoms with Crippen molar-refractivity contribution in [2.75, 3.05) is 26.9 Å². The van der Waals surface area contributed by atoms with E-state index in [4.69, 9.17) is 9.47 Å². The van der Waals surface area contributed by atoms with E-state index in [0.717, 1.165) is 34.4 Å². The number of ether oxygens (including phenoxy) is 2. The maximum Gasteiger partial charge on any atom is 0.123 e. The molecule has 0 fully saturated rings. The van der Waals surface area contributed by atoms with Gasteiger partial charge in [0.1, 0.15) is 5.75 Å². The van der Waals surface area contributed by atoms with Gasteiger partial charge in [0.15, 0.2) is 0 Å². The molecular weight excluding hydrogens is 294 g/mol. The maximum absolute atomic E-state index is 5.41. The first-order valence-corrected chi connectivity index (χ1v) is 6.68. The molecule has 0 saturated carbocycles. The average Bonchev–Trinajstić information content (AvgIpc) is 2.33. The van der Waals surface area contributed by atoms with E-state index in [1.807, 2.05) is 19.1 Å². The van der Waals surface area contributed by atoms with Gasteiger partial charge in [0.25, 0.3) is 0 Å². The lowest BCUT2D eigenvalue weighted by molar-refractivity contribution is 0.157. The van der Waals surface area contributed by atoms with Crippen molar-refractivity contribution in [3.05, 3.63) is 40.4 Å². The zero-order chi connectivity index (χ0) is 13.4. The van der Waals surface area contributed by atoms with Crippen molar-refractivity contribution in [1.29, 1.82) is 0 Å². The fraction of sp³-hybridized carbons (Fsp3) is 0.429. The number of rotatable bonds is 8. The number of hydrogen-bond acceptors (Lipinski definition) is 3. The molecule has 1 rings (SSSR count). The van der Waals surface area contributed by atoms with Crippen LogP contribution >= 0.6 is 15.9 Å². The van der Waals surface area contributed by atoms with Crippen LogP contribution in [-0.4, -0.2) is 26.9 Å². The first kappa shape index (κ1) is 15.2. The number of nitrogens with one attached hydrogen (secondary N) is 1. The quantitative estimate of drug-likeness (QED) is 0.591. The molecule has 100 valence electrons. The minimum Gasteiger partial charge on any atom is -0.496 e. The van der Waals surface area contributed by atoms with Gasteiger partial charge in [0.05, 0.1) is 20.3 Å². The number of methoxy groups -OCH3 is 1. The SMILES string of the molecule is C=C(C)COCCNCc1cc(Br)ccc1OC. The van der Waals surface area contributed by atoms with Crippen molar-refractivity contribution >= 4 is 15.9 Å². The lowest BCUT2D eigenvalue weighted by Crippen LogP contribution is -2.20. The summed E-state index contributed by atoms with van der Waals surface area (Å²) in [6.45, 7) is 8.63. The van der Waals surface area contributed by atoms with Gasteiger partial charge in [-0.05, 0) is 25.1 Å². The molecule has 3 nitrogen and oxygen atoms in total. The maximum atomic E-state index is 5.41. The molecular formula is C14H20BrNO2. The van der Waals surface area contributed by atoms with Crippen molar-refractivity contribution in [1.82, 2.24) is 5.32 Å². The summed E-state index contributed by atoms with van der Waals surface area (Å²) in [5.74, 6) is 0.897. The van der Waals surface area contributed by atoms with Crippen LogP contribution in [0, 0.1) is 0 Å². The van der Waals surface area contributed by atoms with Gasteiger partial charge < -0.3 is 14.8 Å². The van der Waals surface area contributed by atoms with E-state index in [-0.39, 0.29) is 0 Å². The Balaban J connectivity index is 2.30. The van der Waals surface area contributed by atoms with Crippen LogP contribution in [-0.2, 0) is 11.3 Å². The Bertz CT molecular complexity index is 393. The van der Waals surface area contributed by atoms with E-state index < -0.39 is 0 Å². The van der Waals surface area contributed by atoms with Crippen LogP contribution in [0.3, 0.4) is 0 Å². The van der Waals surface area contributed by atoms with Gasteiger partial charge in [-0.15, -0.1) is 0 Å². The third-order valence-corrected chi connectivity index (χ3v) is 2.82. The van der Waals surface area contributed by atoms with E-state index in [9.17, 15) is 0 Å². The number of halogens is 1. The second-order valence-electron chi connectivity index (χ2n) is 4.14. The second-order valence-corrected chi connectivity index (χ2v) is 5.06. The van der Waals surface area contributed by atoms with E-state index in [2.05, 4.69) is 33.9 Å². The molecule has 0 heterocycles. The van der Waals surface area contributed by atoms with Gasteiger partial charge >= 0.3 is 0 Å². The summed E-state index contributed by atoms with van der Waals surface area (Å²) < 4.78 is 11.8. The van der Waals surface area contributed by atoms with Gasteiger partial charge in [-0.3, -0.25) is 0 Å². The predicted octanol–water partition coefficient (Wildman–Crippen LogP) is 3.14. The topological polar surface area (TPSA) is 30.5 Å². The summed E-state index contributed by atoms with van der Waals surface area (Å²) in [5.41, 5.74) is 2.18. The highest BCUT2D eigenvalue weighted by atomic mass is 79.9. The Morgan fingerprint density at radius 1 is 1.44 bits per heavy atom. The van der Waals surface area contributed by atoms with E-state index in [1.54, 1.807) is 7.11 Å². The van der Waals surface area contributed by atoms with Crippen LogP contribution in [0.25, 0.3) is 0 Å². The predicted molar refractivity (Wildman–Crippen MR) is 78.0 cm³/mol. The fourth-order valence-electron chi connectivity index (χ4n) is 1.50. The molecule has 18 heavy (non-hydrogen) atoms. The summed E-state index contributed by atoms with van der Waals surface area (Å²) in [6.07, 6.45) is 0. The van der Waals surface area contributed by atoms with Crippen molar-refractivity contribution in [3.8, 4) is 5.75 Å². The number of hydrogen-bond donors (Lipinski definition) is 1. The molecule has 0 aromatic heterocycles. The van der Waals surface area contributed by atoms with Crippen molar-refractivity contribution in [2.45, 2.75) is 13.5 Å². The zero-order valence-corrected chi connectivity index (χ0v) is 12.5. The summed E-state index contributed by atoms with van der Waals surface area (Å²) in [6, 6.07) is 5.98. The standard InChI is InChI=1S/C14H20BrNO2/c1-11(2)10-18-7-6-16-9-12-8-13(15)4-5-14(12)17-3/h4-5,8,16H,1,6-7,9-10H2,2-3H3. The Morgan fingerprint density at radius 2 is 2.22 bits per heavy atom. The van der Waals surface area contributed by atoms with Gasteiger partial charge in [0, 0.05) is 23.1 Å². The molecule has 0 unspecified atom stereocenters. The molecule has 0 radical (unpaired) electrons. The molecule has 0 spiro atoms. The highest BCUT2D eigenvalue weighted by Gasteiger charge is 2.02. The average molecular weight is 314 g/mol. The first-order valence-electron chi connectivity index (χ1n) is 5.88. The number of benzene rings is 1. The second kappa shape index (κ2) is 8.29. The van der Waals surface area contributed by atoms with Crippen LogP contribution in [0.5, 0.6) is 5.75 Å². The molecule has 1 aromatic carbocycles. The Morgan fingerprint density at radius 3 is 2.89 bits per heavy atom. The van der Waals surface area contributed by atoms with E-state index in [0.29, 0.717) is 13.2 Å². The van der Waals surface area contributed by atoms with Crippen LogP contribution in [0.2, 0.25) is 0 Å². The van der Waals surface area contributed by atoms with Crippen molar-refractivity contribution in [2.24, 2.45) is 0 Å². The zero-order valence-electron chi connectivity index (χ0n) is 11.0. The molecule has 4 heteroatoms. The van der Waals surface area contributed by atoms with E-state index >= 15 is 0 Å². The van der Waals surface area contributed by atoms with E-state index in [1.165, 1.54) is 0 Å². The van der Waals surface area contributed by atoms with Gasteiger partial charge in [-0.2, -0.15) is 0 Å². The Hall–Kier alpha value is -0.840. The summed E-state index contributed by atoms with van der Waals surface area (Å²) in [7, 11) is 1.68. The molecule has 0 atom stereocenters. The van der Waals surface area contributed by atoms with Crippen LogP contribution in [0.15, 0.2) is 34.8 Å². The normalized spacial score (nSPS) is 10.4. The highest BCUT2D eigenvalue weighted by Crippen LogP contribution is 2.22. The van der Waals surface area contributed by atoms with Crippen LogP contribution in [0.1, 0.15) is 12.5 Å². The molecule has 1 aromatic rings. The molecule has 0 aliphatic heterocycles.